The van der Waals surface area contributed by atoms with E-state index in [4.69, 9.17) is 11.5 Å². The predicted octanol–water partition coefficient (Wildman–Crippen LogP) is 2.07. The van der Waals surface area contributed by atoms with E-state index in [1.807, 2.05) is 0 Å². The SMILES string of the molecule is NC(=O)c1nsc(C(=O)N(CC(=O)NCc2ccc(F)cc2)c2cccc(F)c2)c1N. The van der Waals surface area contributed by atoms with Gasteiger partial charge in [-0.15, -0.1) is 0 Å². The Morgan fingerprint density at radius 3 is 2.39 bits per heavy atom. The van der Waals surface area contributed by atoms with E-state index < -0.39 is 35.9 Å². The molecular formula is C20H17F2N5O3S. The first-order chi connectivity index (χ1) is 14.8. The first-order valence-corrected chi connectivity index (χ1v) is 9.67. The molecule has 0 atom stereocenters. The number of halogens is 2. The van der Waals surface area contributed by atoms with Crippen molar-refractivity contribution in [3.63, 3.8) is 0 Å². The molecule has 0 saturated carbocycles. The molecule has 0 aliphatic heterocycles. The molecule has 1 aromatic heterocycles. The third-order valence-corrected chi connectivity index (χ3v) is 5.08. The number of amides is 3. The summed E-state index contributed by atoms with van der Waals surface area (Å²) >= 11 is 0.650. The summed E-state index contributed by atoms with van der Waals surface area (Å²) < 4.78 is 30.5. The lowest BCUT2D eigenvalue weighted by Gasteiger charge is -2.22. The van der Waals surface area contributed by atoms with Gasteiger partial charge in [0.2, 0.25) is 5.91 Å². The maximum atomic E-state index is 13.8. The molecule has 0 fully saturated rings. The van der Waals surface area contributed by atoms with Crippen LogP contribution < -0.4 is 21.7 Å². The quantitative estimate of drug-likeness (QED) is 0.512. The third kappa shape index (κ3) is 5.20. The molecule has 1 heterocycles. The van der Waals surface area contributed by atoms with Gasteiger partial charge in [-0.25, -0.2) is 8.78 Å². The molecule has 8 nitrogen and oxygen atoms in total. The summed E-state index contributed by atoms with van der Waals surface area (Å²) in [6.45, 7) is -0.370. The zero-order valence-corrected chi connectivity index (χ0v) is 16.8. The molecule has 0 bridgehead atoms. The smallest absolute Gasteiger partial charge is 0.272 e. The molecule has 0 unspecified atom stereocenters. The normalized spacial score (nSPS) is 10.5. The highest BCUT2D eigenvalue weighted by molar-refractivity contribution is 7.09. The van der Waals surface area contributed by atoms with Gasteiger partial charge in [-0.3, -0.25) is 19.3 Å². The van der Waals surface area contributed by atoms with Crippen molar-refractivity contribution < 1.29 is 23.2 Å². The van der Waals surface area contributed by atoms with Crippen LogP contribution in [0.4, 0.5) is 20.2 Å². The number of nitrogens with two attached hydrogens (primary N) is 2. The first-order valence-electron chi connectivity index (χ1n) is 8.89. The van der Waals surface area contributed by atoms with Gasteiger partial charge in [0.15, 0.2) is 5.69 Å². The van der Waals surface area contributed by atoms with Gasteiger partial charge in [-0.1, -0.05) is 18.2 Å². The molecule has 0 spiro atoms. The molecule has 5 N–H and O–H groups in total. The number of anilines is 2. The van der Waals surface area contributed by atoms with Crippen LogP contribution in [0.15, 0.2) is 48.5 Å². The molecule has 11 heteroatoms. The fourth-order valence-electron chi connectivity index (χ4n) is 2.68. The van der Waals surface area contributed by atoms with E-state index in [9.17, 15) is 23.2 Å². The highest BCUT2D eigenvalue weighted by atomic mass is 32.1. The van der Waals surface area contributed by atoms with Gasteiger partial charge in [0.25, 0.3) is 11.8 Å². The molecule has 0 aliphatic rings. The van der Waals surface area contributed by atoms with E-state index in [1.54, 1.807) is 0 Å². The van der Waals surface area contributed by atoms with Crippen LogP contribution in [-0.4, -0.2) is 28.6 Å². The predicted molar refractivity (Wildman–Crippen MR) is 111 cm³/mol. The number of hydrogen-bond donors (Lipinski definition) is 3. The maximum absolute atomic E-state index is 13.8. The minimum absolute atomic E-state index is 0.0960. The highest BCUT2D eigenvalue weighted by Crippen LogP contribution is 2.26. The van der Waals surface area contributed by atoms with Gasteiger partial charge in [0.05, 0.1) is 5.69 Å². The standard InChI is InChI=1S/C20H17F2N5O3S/c21-12-6-4-11(5-7-12)9-25-15(28)10-27(14-3-1-2-13(22)8-14)20(30)18-16(23)17(19(24)29)26-31-18/h1-8H,9-10,23H2,(H2,24,29)(H,25,28). The summed E-state index contributed by atoms with van der Waals surface area (Å²) in [6.07, 6.45) is 0. The number of benzene rings is 2. The third-order valence-electron chi connectivity index (χ3n) is 4.23. The molecule has 31 heavy (non-hydrogen) atoms. The second-order valence-corrected chi connectivity index (χ2v) is 7.19. The average molecular weight is 445 g/mol. The van der Waals surface area contributed by atoms with Gasteiger partial charge in [0, 0.05) is 12.2 Å². The van der Waals surface area contributed by atoms with Crippen LogP contribution >= 0.6 is 11.5 Å². The summed E-state index contributed by atoms with van der Waals surface area (Å²) in [6, 6.07) is 10.6. The summed E-state index contributed by atoms with van der Waals surface area (Å²) in [5.41, 5.74) is 11.3. The van der Waals surface area contributed by atoms with Crippen LogP contribution in [0, 0.1) is 11.6 Å². The van der Waals surface area contributed by atoms with Crippen molar-refractivity contribution in [1.29, 1.82) is 0 Å². The summed E-state index contributed by atoms with van der Waals surface area (Å²) in [7, 11) is 0. The van der Waals surface area contributed by atoms with Crippen molar-refractivity contribution in [3.05, 3.63) is 76.3 Å². The number of rotatable bonds is 7. The fourth-order valence-corrected chi connectivity index (χ4v) is 3.43. The van der Waals surface area contributed by atoms with Gasteiger partial charge < -0.3 is 16.8 Å². The number of hydrogen-bond acceptors (Lipinski definition) is 6. The van der Waals surface area contributed by atoms with E-state index in [2.05, 4.69) is 9.69 Å². The Bertz CT molecular complexity index is 1130. The Kier molecular flexibility index (Phi) is 6.55. The Balaban J connectivity index is 1.83. The van der Waals surface area contributed by atoms with E-state index in [1.165, 1.54) is 42.5 Å². The second-order valence-electron chi connectivity index (χ2n) is 6.41. The van der Waals surface area contributed by atoms with Gasteiger partial charge in [-0.05, 0) is 47.4 Å². The molecule has 0 saturated heterocycles. The lowest BCUT2D eigenvalue weighted by atomic mass is 10.2. The van der Waals surface area contributed by atoms with Crippen molar-refractivity contribution >= 4 is 40.6 Å². The number of nitrogens with zero attached hydrogens (tertiary/aromatic N) is 2. The molecule has 0 radical (unpaired) electrons. The molecule has 0 aliphatic carbocycles. The van der Waals surface area contributed by atoms with Crippen LogP contribution in [0.1, 0.15) is 25.7 Å². The van der Waals surface area contributed by atoms with Crippen LogP contribution in [0.2, 0.25) is 0 Å². The van der Waals surface area contributed by atoms with Crippen LogP contribution in [0.25, 0.3) is 0 Å². The largest absolute Gasteiger partial charge is 0.395 e. The fraction of sp³-hybridized carbons (Fsp3) is 0.100. The summed E-state index contributed by atoms with van der Waals surface area (Å²) in [4.78, 5) is 37.9. The Hall–Kier alpha value is -3.86. The number of carbonyl (C=O) groups is 3. The van der Waals surface area contributed by atoms with E-state index >= 15 is 0 Å². The molecule has 2 aromatic carbocycles. The van der Waals surface area contributed by atoms with Crippen molar-refractivity contribution in [2.24, 2.45) is 5.73 Å². The first kappa shape index (κ1) is 21.8. The molecule has 3 amide bonds. The Morgan fingerprint density at radius 2 is 1.77 bits per heavy atom. The minimum atomic E-state index is -0.901. The van der Waals surface area contributed by atoms with E-state index in [0.717, 1.165) is 11.0 Å². The Labute approximate surface area is 179 Å². The van der Waals surface area contributed by atoms with Crippen LogP contribution in [0.3, 0.4) is 0 Å². The lowest BCUT2D eigenvalue weighted by Crippen LogP contribution is -2.40. The monoisotopic (exact) mass is 445 g/mol. The highest BCUT2D eigenvalue weighted by Gasteiger charge is 2.27. The topological polar surface area (TPSA) is 131 Å². The van der Waals surface area contributed by atoms with Crippen LogP contribution in [-0.2, 0) is 11.3 Å². The summed E-state index contributed by atoms with van der Waals surface area (Å²) in [5, 5.41) is 2.61. The molecule has 160 valence electrons. The molecular weight excluding hydrogens is 428 g/mol. The number of nitrogen functional groups attached to an aromatic ring is 1. The zero-order chi connectivity index (χ0) is 22.5. The van der Waals surface area contributed by atoms with Crippen molar-refractivity contribution in [1.82, 2.24) is 9.69 Å². The number of nitrogens with one attached hydrogen (secondary N) is 1. The Morgan fingerprint density at radius 1 is 1.06 bits per heavy atom. The summed E-state index contributed by atoms with van der Waals surface area (Å²) in [5.74, 6) is -3.22. The number of carbonyl (C=O) groups excluding carboxylic acids is 3. The average Bonchev–Trinajstić information content (AvgIpc) is 3.12. The number of aromatic nitrogens is 1. The van der Waals surface area contributed by atoms with Crippen molar-refractivity contribution in [2.75, 3.05) is 17.2 Å². The molecule has 3 rings (SSSR count). The van der Waals surface area contributed by atoms with Gasteiger partial charge >= 0.3 is 0 Å². The van der Waals surface area contributed by atoms with E-state index in [0.29, 0.717) is 17.1 Å². The van der Waals surface area contributed by atoms with Crippen LogP contribution in [0.5, 0.6) is 0 Å². The maximum Gasteiger partial charge on any atom is 0.272 e. The molecule has 3 aromatic rings. The van der Waals surface area contributed by atoms with E-state index in [-0.39, 0.29) is 28.5 Å². The number of primary amides is 1. The zero-order valence-electron chi connectivity index (χ0n) is 16.0. The van der Waals surface area contributed by atoms with Crippen molar-refractivity contribution in [2.45, 2.75) is 6.54 Å². The van der Waals surface area contributed by atoms with Crippen molar-refractivity contribution in [3.8, 4) is 0 Å². The lowest BCUT2D eigenvalue weighted by molar-refractivity contribution is -0.119. The van der Waals surface area contributed by atoms with Gasteiger partial charge in [-0.2, -0.15) is 4.37 Å². The minimum Gasteiger partial charge on any atom is -0.395 e. The van der Waals surface area contributed by atoms with Gasteiger partial charge in [0.1, 0.15) is 23.1 Å². The second kappa shape index (κ2) is 9.30.